The fraction of sp³-hybridized carbons (Fsp3) is 0.471. The normalized spacial score (nSPS) is 17.8. The van der Waals surface area contributed by atoms with Crippen molar-refractivity contribution in [1.82, 2.24) is 19.4 Å². The monoisotopic (exact) mass is 329 g/mol. The van der Waals surface area contributed by atoms with Crippen molar-refractivity contribution in [3.8, 4) is 0 Å². The first-order valence-electron chi connectivity index (χ1n) is 8.01. The number of ether oxygens (including phenoxy) is 1. The number of carbonyl (C=O) groups is 1. The molecule has 0 spiro atoms. The van der Waals surface area contributed by atoms with E-state index in [-0.39, 0.29) is 12.0 Å². The van der Waals surface area contributed by atoms with E-state index < -0.39 is 0 Å². The first-order chi connectivity index (χ1) is 11.5. The second-order valence-electron chi connectivity index (χ2n) is 6.21. The highest BCUT2D eigenvalue weighted by Crippen LogP contribution is 2.23. The number of amides is 1. The highest BCUT2D eigenvalue weighted by atomic mass is 16.5. The van der Waals surface area contributed by atoms with Crippen LogP contribution in [0.4, 0.5) is 5.95 Å². The molecule has 0 aromatic carbocycles. The van der Waals surface area contributed by atoms with Crippen molar-refractivity contribution in [3.63, 3.8) is 0 Å². The first kappa shape index (κ1) is 16.4. The molecule has 0 radical (unpaired) electrons. The van der Waals surface area contributed by atoms with E-state index >= 15 is 0 Å². The van der Waals surface area contributed by atoms with Crippen molar-refractivity contribution < 1.29 is 9.53 Å². The number of hydrogen-bond acceptors (Lipinski definition) is 5. The van der Waals surface area contributed by atoms with Crippen LogP contribution in [0.3, 0.4) is 0 Å². The fourth-order valence-corrected chi connectivity index (χ4v) is 2.76. The van der Waals surface area contributed by atoms with Crippen LogP contribution in [0, 0.1) is 6.92 Å². The minimum atomic E-state index is -0.231. The Labute approximate surface area is 141 Å². The molecule has 7 nitrogen and oxygen atoms in total. The van der Waals surface area contributed by atoms with Crippen LogP contribution in [-0.2, 0) is 11.8 Å². The maximum atomic E-state index is 12.8. The van der Waals surface area contributed by atoms with Crippen molar-refractivity contribution >= 4 is 11.9 Å². The molecular formula is C17H23N5O2. The van der Waals surface area contributed by atoms with Crippen LogP contribution in [0.15, 0.2) is 24.4 Å². The maximum absolute atomic E-state index is 12.8. The molecule has 1 aliphatic heterocycles. The van der Waals surface area contributed by atoms with Gasteiger partial charge in [0.05, 0.1) is 18.8 Å². The molecule has 7 heteroatoms. The number of hydrogen-bond donors (Lipinski definition) is 0. The van der Waals surface area contributed by atoms with Crippen LogP contribution < -0.4 is 4.90 Å². The molecule has 1 fully saturated rings. The summed E-state index contributed by atoms with van der Waals surface area (Å²) in [4.78, 5) is 25.2. The number of carbonyl (C=O) groups excluding carboxylic acids is 1. The molecule has 0 aliphatic carbocycles. The molecule has 0 saturated carbocycles. The van der Waals surface area contributed by atoms with Crippen LogP contribution in [0.25, 0.3) is 0 Å². The second kappa shape index (κ2) is 6.60. The zero-order valence-electron chi connectivity index (χ0n) is 14.6. The van der Waals surface area contributed by atoms with E-state index in [9.17, 15) is 4.79 Å². The molecule has 128 valence electrons. The summed E-state index contributed by atoms with van der Waals surface area (Å²) in [5.74, 6) is 0.665. The molecule has 3 rings (SSSR count). The zero-order chi connectivity index (χ0) is 17.3. The third-order valence-corrected chi connectivity index (χ3v) is 4.34. The van der Waals surface area contributed by atoms with Gasteiger partial charge in [0.25, 0.3) is 5.91 Å². The van der Waals surface area contributed by atoms with Crippen molar-refractivity contribution in [2.75, 3.05) is 38.7 Å². The predicted molar refractivity (Wildman–Crippen MR) is 91.1 cm³/mol. The van der Waals surface area contributed by atoms with Gasteiger partial charge >= 0.3 is 0 Å². The van der Waals surface area contributed by atoms with Gasteiger partial charge < -0.3 is 19.1 Å². The van der Waals surface area contributed by atoms with Crippen LogP contribution >= 0.6 is 0 Å². The lowest BCUT2D eigenvalue weighted by Gasteiger charge is -2.33. The molecule has 2 aromatic heterocycles. The molecule has 0 bridgehead atoms. The Morgan fingerprint density at radius 3 is 2.79 bits per heavy atom. The molecular weight excluding hydrogens is 306 g/mol. The minimum absolute atomic E-state index is 0.0285. The van der Waals surface area contributed by atoms with Gasteiger partial charge in [-0.15, -0.1) is 0 Å². The molecule has 1 saturated heterocycles. The number of aromatic nitrogens is 3. The van der Waals surface area contributed by atoms with Crippen LogP contribution in [0.5, 0.6) is 0 Å². The smallest absolute Gasteiger partial charge is 0.270 e. The topological polar surface area (TPSA) is 63.5 Å². The molecule has 24 heavy (non-hydrogen) atoms. The molecule has 0 unspecified atom stereocenters. The Bertz CT molecular complexity index is 740. The summed E-state index contributed by atoms with van der Waals surface area (Å²) in [6.45, 7) is 3.57. The van der Waals surface area contributed by atoms with Crippen molar-refractivity contribution in [1.29, 1.82) is 0 Å². The van der Waals surface area contributed by atoms with Gasteiger partial charge in [0.1, 0.15) is 11.8 Å². The Balaban J connectivity index is 1.78. The standard InChI is InChI=1S/C17H23N5O2/c1-12-5-6-14(21(12)4)16(23)22-9-10-24-15(11-22)13-7-8-18-17(19-13)20(2)3/h5-8,15H,9-11H2,1-4H3/t15-/m1/s1. The van der Waals surface area contributed by atoms with Gasteiger partial charge in [-0.3, -0.25) is 4.79 Å². The first-order valence-corrected chi connectivity index (χ1v) is 8.01. The average molecular weight is 329 g/mol. The summed E-state index contributed by atoms with van der Waals surface area (Å²) in [5.41, 5.74) is 2.56. The molecule has 3 heterocycles. The Hall–Kier alpha value is -2.41. The molecule has 1 aliphatic rings. The summed E-state index contributed by atoms with van der Waals surface area (Å²) < 4.78 is 7.76. The van der Waals surface area contributed by atoms with Gasteiger partial charge in [0.2, 0.25) is 5.95 Å². The third kappa shape index (κ3) is 3.12. The summed E-state index contributed by atoms with van der Waals surface area (Å²) in [7, 11) is 5.71. The van der Waals surface area contributed by atoms with Gasteiger partial charge in [0, 0.05) is 39.6 Å². The van der Waals surface area contributed by atoms with Gasteiger partial charge in [0.15, 0.2) is 0 Å². The van der Waals surface area contributed by atoms with Gasteiger partial charge in [-0.25, -0.2) is 9.97 Å². The highest BCUT2D eigenvalue weighted by molar-refractivity contribution is 5.93. The maximum Gasteiger partial charge on any atom is 0.270 e. The van der Waals surface area contributed by atoms with Gasteiger partial charge in [-0.05, 0) is 25.1 Å². The third-order valence-electron chi connectivity index (χ3n) is 4.34. The van der Waals surface area contributed by atoms with Crippen LogP contribution in [0.1, 0.15) is 28.0 Å². The highest BCUT2D eigenvalue weighted by Gasteiger charge is 2.28. The van der Waals surface area contributed by atoms with Crippen LogP contribution in [0.2, 0.25) is 0 Å². The van der Waals surface area contributed by atoms with E-state index in [1.165, 1.54) is 0 Å². The quantitative estimate of drug-likeness (QED) is 0.852. The van der Waals surface area contributed by atoms with E-state index in [0.29, 0.717) is 31.3 Å². The Kier molecular flexibility index (Phi) is 4.53. The van der Waals surface area contributed by atoms with Crippen molar-refractivity contribution in [2.45, 2.75) is 13.0 Å². The summed E-state index contributed by atoms with van der Waals surface area (Å²) in [6.07, 6.45) is 1.49. The molecule has 1 amide bonds. The number of rotatable bonds is 3. The second-order valence-corrected chi connectivity index (χ2v) is 6.21. The zero-order valence-corrected chi connectivity index (χ0v) is 14.6. The number of nitrogens with zero attached hydrogens (tertiary/aromatic N) is 5. The van der Waals surface area contributed by atoms with Crippen molar-refractivity contribution in [3.05, 3.63) is 41.5 Å². The van der Waals surface area contributed by atoms with Crippen LogP contribution in [-0.4, -0.2) is 59.1 Å². The number of morpholine rings is 1. The minimum Gasteiger partial charge on any atom is -0.368 e. The summed E-state index contributed by atoms with van der Waals surface area (Å²) in [5, 5.41) is 0. The molecule has 2 aromatic rings. The fourth-order valence-electron chi connectivity index (χ4n) is 2.76. The molecule has 0 N–H and O–H groups in total. The largest absolute Gasteiger partial charge is 0.368 e. The van der Waals surface area contributed by atoms with E-state index in [2.05, 4.69) is 9.97 Å². The van der Waals surface area contributed by atoms with Gasteiger partial charge in [-0.1, -0.05) is 0 Å². The average Bonchev–Trinajstić information content (AvgIpc) is 2.93. The predicted octanol–water partition coefficient (Wildman–Crippen LogP) is 1.40. The van der Waals surface area contributed by atoms with Gasteiger partial charge in [-0.2, -0.15) is 0 Å². The SMILES string of the molecule is Cc1ccc(C(=O)N2CCO[C@@H](c3ccnc(N(C)C)n3)C2)n1C. The Morgan fingerprint density at radius 1 is 1.33 bits per heavy atom. The molecule has 1 atom stereocenters. The lowest BCUT2D eigenvalue weighted by atomic mass is 10.2. The number of anilines is 1. The van der Waals surface area contributed by atoms with E-state index in [1.807, 2.05) is 60.6 Å². The Morgan fingerprint density at radius 2 is 2.12 bits per heavy atom. The van der Waals surface area contributed by atoms with E-state index in [0.717, 1.165) is 11.4 Å². The van der Waals surface area contributed by atoms with Crippen molar-refractivity contribution in [2.24, 2.45) is 7.05 Å². The lowest BCUT2D eigenvalue weighted by molar-refractivity contribution is -0.0250. The number of aryl methyl sites for hydroxylation is 1. The van der Waals surface area contributed by atoms with E-state index in [1.54, 1.807) is 6.20 Å². The summed E-state index contributed by atoms with van der Waals surface area (Å²) >= 11 is 0. The summed E-state index contributed by atoms with van der Waals surface area (Å²) in [6, 6.07) is 5.67. The van der Waals surface area contributed by atoms with E-state index in [4.69, 9.17) is 4.74 Å². The lowest BCUT2D eigenvalue weighted by Crippen LogP contribution is -2.43.